The first-order valence-electron chi connectivity index (χ1n) is 10.2. The van der Waals surface area contributed by atoms with Crippen molar-refractivity contribution < 1.29 is 17.6 Å². The molecule has 0 saturated carbocycles. The molecule has 164 valence electrons. The predicted molar refractivity (Wildman–Crippen MR) is 113 cm³/mol. The van der Waals surface area contributed by atoms with E-state index >= 15 is 0 Å². The van der Waals surface area contributed by atoms with E-state index in [-0.39, 0.29) is 10.8 Å². The zero-order chi connectivity index (χ0) is 22.0. The van der Waals surface area contributed by atoms with Crippen molar-refractivity contribution in [3.05, 3.63) is 47.9 Å². The summed E-state index contributed by atoms with van der Waals surface area (Å²) in [5.74, 6) is 1.30. The molecule has 9 nitrogen and oxygen atoms in total. The second-order valence-electron chi connectivity index (χ2n) is 7.53. The van der Waals surface area contributed by atoms with E-state index in [9.17, 15) is 8.42 Å². The summed E-state index contributed by atoms with van der Waals surface area (Å²) < 4.78 is 39.4. The molecular weight excluding hydrogens is 418 g/mol. The van der Waals surface area contributed by atoms with Crippen LogP contribution < -0.4 is 4.74 Å². The molecule has 0 bridgehead atoms. The van der Waals surface area contributed by atoms with Gasteiger partial charge in [0.15, 0.2) is 0 Å². The van der Waals surface area contributed by atoms with Crippen LogP contribution in [0.15, 0.2) is 40.0 Å². The van der Waals surface area contributed by atoms with Crippen molar-refractivity contribution >= 4 is 10.0 Å². The fraction of sp³-hybridized carbons (Fsp3) is 0.429. The van der Waals surface area contributed by atoms with Crippen LogP contribution in [0.4, 0.5) is 0 Å². The third-order valence-corrected chi connectivity index (χ3v) is 7.26. The summed E-state index contributed by atoms with van der Waals surface area (Å²) in [6.07, 6.45) is 4.58. The summed E-state index contributed by atoms with van der Waals surface area (Å²) >= 11 is 0. The standard InChI is InChI=1S/C21H25N5O4S/c1-4-29-19-8-7-17(10-14(19)2)31(27,28)26-9-5-6-16(12-26)20-24-25-21(30-20)18-11-22-13-23-15(18)3/h7-8,10-11,13,16H,4-6,9,12H2,1-3H3. The quantitative estimate of drug-likeness (QED) is 0.571. The maximum Gasteiger partial charge on any atom is 0.251 e. The topological polar surface area (TPSA) is 111 Å². The van der Waals surface area contributed by atoms with Crippen molar-refractivity contribution in [1.29, 1.82) is 0 Å². The molecule has 31 heavy (non-hydrogen) atoms. The van der Waals surface area contributed by atoms with E-state index in [1.165, 1.54) is 10.6 Å². The van der Waals surface area contributed by atoms with Gasteiger partial charge in [0, 0.05) is 19.3 Å². The highest BCUT2D eigenvalue weighted by atomic mass is 32.2. The Balaban J connectivity index is 1.55. The second kappa shape index (κ2) is 8.72. The lowest BCUT2D eigenvalue weighted by molar-refractivity contribution is 0.286. The molecule has 4 rings (SSSR count). The fourth-order valence-electron chi connectivity index (χ4n) is 3.72. The molecule has 1 saturated heterocycles. The first kappa shape index (κ1) is 21.4. The predicted octanol–water partition coefficient (Wildman–Crippen LogP) is 3.11. The van der Waals surface area contributed by atoms with Gasteiger partial charge in [0.05, 0.1) is 28.7 Å². The van der Waals surface area contributed by atoms with Crippen molar-refractivity contribution in [3.63, 3.8) is 0 Å². The summed E-state index contributed by atoms with van der Waals surface area (Å²) in [4.78, 5) is 8.42. The van der Waals surface area contributed by atoms with Crippen LogP contribution in [0.1, 0.15) is 42.8 Å². The van der Waals surface area contributed by atoms with Gasteiger partial charge in [-0.2, -0.15) is 4.31 Å². The Morgan fingerprint density at radius 2 is 2.10 bits per heavy atom. The van der Waals surface area contributed by atoms with Gasteiger partial charge in [-0.3, -0.25) is 0 Å². The number of sulfonamides is 1. The Kier molecular flexibility index (Phi) is 6.01. The number of ether oxygens (including phenoxy) is 1. The molecule has 1 unspecified atom stereocenters. The van der Waals surface area contributed by atoms with Crippen LogP contribution in [-0.2, 0) is 10.0 Å². The molecule has 10 heteroatoms. The van der Waals surface area contributed by atoms with E-state index in [1.807, 2.05) is 20.8 Å². The van der Waals surface area contributed by atoms with Gasteiger partial charge in [-0.25, -0.2) is 18.4 Å². The van der Waals surface area contributed by atoms with Gasteiger partial charge in [-0.15, -0.1) is 10.2 Å². The Labute approximate surface area is 181 Å². The number of piperidine rings is 1. The summed E-state index contributed by atoms with van der Waals surface area (Å²) in [6, 6.07) is 4.97. The van der Waals surface area contributed by atoms with Crippen molar-refractivity contribution in [1.82, 2.24) is 24.5 Å². The molecule has 0 radical (unpaired) electrons. The van der Waals surface area contributed by atoms with E-state index in [0.29, 0.717) is 49.2 Å². The molecule has 1 aromatic carbocycles. The highest BCUT2D eigenvalue weighted by Crippen LogP contribution is 2.32. The maximum absolute atomic E-state index is 13.3. The SMILES string of the molecule is CCOc1ccc(S(=O)(=O)N2CCCC(c3nnc(-c4cncnc4C)o3)C2)cc1C. The van der Waals surface area contributed by atoms with Crippen LogP contribution in [0.2, 0.25) is 0 Å². The Bertz CT molecular complexity index is 1180. The second-order valence-corrected chi connectivity index (χ2v) is 9.47. The van der Waals surface area contributed by atoms with Crippen LogP contribution in [-0.4, -0.2) is 52.6 Å². The zero-order valence-corrected chi connectivity index (χ0v) is 18.6. The number of hydrogen-bond acceptors (Lipinski definition) is 8. The van der Waals surface area contributed by atoms with Crippen LogP contribution in [0, 0.1) is 13.8 Å². The van der Waals surface area contributed by atoms with Gasteiger partial charge in [-0.1, -0.05) is 0 Å². The third kappa shape index (κ3) is 4.31. The minimum atomic E-state index is -3.64. The monoisotopic (exact) mass is 443 g/mol. The zero-order valence-electron chi connectivity index (χ0n) is 17.8. The molecule has 3 aromatic rings. The summed E-state index contributed by atoms with van der Waals surface area (Å²) in [6.45, 7) is 6.86. The van der Waals surface area contributed by atoms with Crippen LogP contribution >= 0.6 is 0 Å². The largest absolute Gasteiger partial charge is 0.494 e. The lowest BCUT2D eigenvalue weighted by atomic mass is 10.00. The van der Waals surface area contributed by atoms with Crippen LogP contribution in [0.25, 0.3) is 11.5 Å². The number of nitrogens with zero attached hydrogens (tertiary/aromatic N) is 5. The lowest BCUT2D eigenvalue weighted by Gasteiger charge is -2.30. The number of aryl methyl sites for hydroxylation is 2. The normalized spacial score (nSPS) is 17.6. The highest BCUT2D eigenvalue weighted by molar-refractivity contribution is 7.89. The summed E-state index contributed by atoms with van der Waals surface area (Å²) in [7, 11) is -3.64. The van der Waals surface area contributed by atoms with Gasteiger partial charge < -0.3 is 9.15 Å². The Morgan fingerprint density at radius 1 is 1.26 bits per heavy atom. The lowest BCUT2D eigenvalue weighted by Crippen LogP contribution is -2.39. The number of aromatic nitrogens is 4. The molecule has 0 spiro atoms. The minimum absolute atomic E-state index is 0.168. The third-order valence-electron chi connectivity index (χ3n) is 5.40. The molecule has 1 aliphatic heterocycles. The van der Waals surface area contributed by atoms with Crippen molar-refractivity contribution in [2.45, 2.75) is 44.4 Å². The first-order valence-corrected chi connectivity index (χ1v) is 11.7. The number of benzene rings is 1. The molecule has 1 atom stereocenters. The summed E-state index contributed by atoms with van der Waals surface area (Å²) in [5.41, 5.74) is 2.20. The minimum Gasteiger partial charge on any atom is -0.494 e. The van der Waals surface area contributed by atoms with Gasteiger partial charge in [-0.05, 0) is 57.4 Å². The Hall–Kier alpha value is -2.85. The average Bonchev–Trinajstić information content (AvgIpc) is 3.26. The molecule has 0 amide bonds. The Morgan fingerprint density at radius 3 is 2.84 bits per heavy atom. The molecule has 1 fully saturated rings. The van der Waals surface area contributed by atoms with Gasteiger partial charge in [0.25, 0.3) is 5.89 Å². The van der Waals surface area contributed by atoms with E-state index < -0.39 is 10.0 Å². The number of rotatable bonds is 6. The van der Waals surface area contributed by atoms with Gasteiger partial charge in [0.2, 0.25) is 15.9 Å². The molecular formula is C21H25N5O4S. The molecule has 2 aromatic heterocycles. The summed E-state index contributed by atoms with van der Waals surface area (Å²) in [5, 5.41) is 8.31. The highest BCUT2D eigenvalue weighted by Gasteiger charge is 2.33. The number of hydrogen-bond donors (Lipinski definition) is 0. The van der Waals surface area contributed by atoms with Crippen molar-refractivity contribution in [2.75, 3.05) is 19.7 Å². The smallest absolute Gasteiger partial charge is 0.251 e. The van der Waals surface area contributed by atoms with Gasteiger partial charge in [0.1, 0.15) is 12.1 Å². The van der Waals surface area contributed by atoms with E-state index in [0.717, 1.165) is 17.7 Å². The van der Waals surface area contributed by atoms with Gasteiger partial charge >= 0.3 is 0 Å². The first-order chi connectivity index (χ1) is 14.9. The van der Waals surface area contributed by atoms with E-state index in [2.05, 4.69) is 20.2 Å². The van der Waals surface area contributed by atoms with E-state index in [4.69, 9.17) is 9.15 Å². The maximum atomic E-state index is 13.3. The molecule has 0 N–H and O–H groups in total. The molecule has 0 aliphatic carbocycles. The van der Waals surface area contributed by atoms with Crippen LogP contribution in [0.5, 0.6) is 5.75 Å². The van der Waals surface area contributed by atoms with Crippen molar-refractivity contribution in [3.8, 4) is 17.2 Å². The van der Waals surface area contributed by atoms with Crippen LogP contribution in [0.3, 0.4) is 0 Å². The fourth-order valence-corrected chi connectivity index (χ4v) is 5.33. The average molecular weight is 444 g/mol. The molecule has 3 heterocycles. The molecule has 1 aliphatic rings. The van der Waals surface area contributed by atoms with Crippen molar-refractivity contribution in [2.24, 2.45) is 0 Å². The van der Waals surface area contributed by atoms with E-state index in [1.54, 1.807) is 24.4 Å².